The van der Waals surface area contributed by atoms with E-state index in [1.54, 1.807) is 0 Å². The van der Waals surface area contributed by atoms with Gasteiger partial charge >= 0.3 is 0 Å². The van der Waals surface area contributed by atoms with Gasteiger partial charge in [-0.2, -0.15) is 0 Å². The third kappa shape index (κ3) is 4.31. The van der Waals surface area contributed by atoms with Gasteiger partial charge in [0.2, 0.25) is 0 Å². The molecule has 0 amide bonds. The Bertz CT molecular complexity index is 190. The van der Waals surface area contributed by atoms with E-state index in [2.05, 4.69) is 29.1 Å². The van der Waals surface area contributed by atoms with Gasteiger partial charge in [0.15, 0.2) is 0 Å². The van der Waals surface area contributed by atoms with Gasteiger partial charge in [0, 0.05) is 13.0 Å². The third-order valence-corrected chi connectivity index (χ3v) is 2.50. The number of nitrogens with one attached hydrogen (secondary N) is 1. The molecule has 1 atom stereocenters. The molecule has 0 aromatic rings. The number of nitrogens with zero attached hydrogens (tertiary/aromatic N) is 1. The molecule has 13 heavy (non-hydrogen) atoms. The summed E-state index contributed by atoms with van der Waals surface area (Å²) in [7, 11) is 4.14. The fourth-order valence-electron chi connectivity index (χ4n) is 1.81. The summed E-state index contributed by atoms with van der Waals surface area (Å²) >= 11 is 0. The molecule has 1 rings (SSSR count). The van der Waals surface area contributed by atoms with Crippen molar-refractivity contribution in [2.24, 2.45) is 5.92 Å². The molecule has 0 aromatic heterocycles. The van der Waals surface area contributed by atoms with Gasteiger partial charge in [0.25, 0.3) is 0 Å². The molecule has 1 unspecified atom stereocenters. The topological polar surface area (TPSA) is 15.3 Å². The first-order chi connectivity index (χ1) is 6.33. The van der Waals surface area contributed by atoms with Crippen molar-refractivity contribution in [2.45, 2.75) is 19.3 Å². The molecule has 1 aliphatic rings. The molecular formula is C11H20N2. The van der Waals surface area contributed by atoms with Crippen LogP contribution in [0.1, 0.15) is 19.3 Å². The summed E-state index contributed by atoms with van der Waals surface area (Å²) in [5.41, 5.74) is 0. The van der Waals surface area contributed by atoms with Crippen molar-refractivity contribution in [1.82, 2.24) is 10.2 Å². The molecule has 0 aromatic carbocycles. The first kappa shape index (κ1) is 10.6. The molecule has 2 heteroatoms. The number of likely N-dealkylation sites (tertiary alicyclic amines) is 1. The first-order valence-corrected chi connectivity index (χ1v) is 5.12. The lowest BCUT2D eigenvalue weighted by Gasteiger charge is -2.28. The van der Waals surface area contributed by atoms with Crippen LogP contribution in [0.25, 0.3) is 0 Å². The number of piperidine rings is 1. The average Bonchev–Trinajstić information content (AvgIpc) is 2.13. The predicted molar refractivity (Wildman–Crippen MR) is 56.5 cm³/mol. The van der Waals surface area contributed by atoms with Gasteiger partial charge in [-0.05, 0) is 39.4 Å². The second-order valence-corrected chi connectivity index (χ2v) is 3.86. The lowest BCUT2D eigenvalue weighted by atomic mass is 9.95. The number of rotatable bonds is 2. The summed E-state index contributed by atoms with van der Waals surface area (Å²) in [6, 6.07) is 0. The minimum absolute atomic E-state index is 0.808. The Kier molecular flexibility index (Phi) is 4.88. The summed E-state index contributed by atoms with van der Waals surface area (Å²) < 4.78 is 0. The van der Waals surface area contributed by atoms with Gasteiger partial charge in [0.05, 0.1) is 6.54 Å². The highest BCUT2D eigenvalue weighted by atomic mass is 15.1. The van der Waals surface area contributed by atoms with E-state index in [0.717, 1.165) is 18.9 Å². The van der Waals surface area contributed by atoms with Gasteiger partial charge in [0.1, 0.15) is 0 Å². The Balaban J connectivity index is 2.17. The van der Waals surface area contributed by atoms with E-state index < -0.39 is 0 Å². The second-order valence-electron chi connectivity index (χ2n) is 3.86. The van der Waals surface area contributed by atoms with Crippen molar-refractivity contribution in [2.75, 3.05) is 33.7 Å². The third-order valence-electron chi connectivity index (χ3n) is 2.50. The molecule has 74 valence electrons. The van der Waals surface area contributed by atoms with Gasteiger partial charge < -0.3 is 10.2 Å². The Morgan fingerprint density at radius 3 is 3.00 bits per heavy atom. The Hall–Kier alpha value is -0.520. The molecule has 0 radical (unpaired) electrons. The van der Waals surface area contributed by atoms with Crippen molar-refractivity contribution in [3.63, 3.8) is 0 Å². The monoisotopic (exact) mass is 180 g/mol. The van der Waals surface area contributed by atoms with Gasteiger partial charge in [-0.15, -0.1) is 5.92 Å². The molecule has 1 fully saturated rings. The maximum Gasteiger partial charge on any atom is 0.0574 e. The maximum atomic E-state index is 3.24. The zero-order chi connectivity index (χ0) is 9.52. The molecular weight excluding hydrogens is 160 g/mol. The quantitative estimate of drug-likeness (QED) is 0.636. The molecule has 0 aliphatic carbocycles. The van der Waals surface area contributed by atoms with Crippen LogP contribution >= 0.6 is 0 Å². The maximum absolute atomic E-state index is 3.24. The van der Waals surface area contributed by atoms with Crippen LogP contribution in [0.2, 0.25) is 0 Å². The summed E-state index contributed by atoms with van der Waals surface area (Å²) in [4.78, 5) is 2.41. The van der Waals surface area contributed by atoms with E-state index in [1.807, 2.05) is 7.05 Å². The van der Waals surface area contributed by atoms with E-state index in [-0.39, 0.29) is 0 Å². The van der Waals surface area contributed by atoms with Crippen LogP contribution in [-0.2, 0) is 0 Å². The van der Waals surface area contributed by atoms with E-state index in [4.69, 9.17) is 0 Å². The van der Waals surface area contributed by atoms with E-state index in [1.165, 1.54) is 25.9 Å². The standard InChI is InChI=1S/C11H20N2/c1-12-8-4-3-6-11-7-5-9-13(2)10-11/h11-12H,5-10H2,1-2H3. The number of hydrogen-bond donors (Lipinski definition) is 1. The summed E-state index contributed by atoms with van der Waals surface area (Å²) in [5.74, 6) is 7.16. The van der Waals surface area contributed by atoms with E-state index in [0.29, 0.717) is 0 Å². The summed E-state index contributed by atoms with van der Waals surface area (Å²) in [6.07, 6.45) is 3.78. The first-order valence-electron chi connectivity index (χ1n) is 5.12. The molecule has 1 saturated heterocycles. The van der Waals surface area contributed by atoms with Gasteiger partial charge in [-0.1, -0.05) is 5.92 Å². The summed E-state index contributed by atoms with van der Waals surface area (Å²) in [6.45, 7) is 3.32. The minimum Gasteiger partial charge on any atom is -0.309 e. The van der Waals surface area contributed by atoms with Crippen LogP contribution < -0.4 is 5.32 Å². The molecule has 1 aliphatic heterocycles. The van der Waals surface area contributed by atoms with Crippen LogP contribution in [0.4, 0.5) is 0 Å². The highest BCUT2D eigenvalue weighted by Gasteiger charge is 2.15. The molecule has 0 saturated carbocycles. The lowest BCUT2D eigenvalue weighted by Crippen LogP contribution is -2.31. The molecule has 2 nitrogen and oxygen atoms in total. The molecule has 1 N–H and O–H groups in total. The summed E-state index contributed by atoms with van der Waals surface area (Å²) in [5, 5.41) is 3.03. The largest absolute Gasteiger partial charge is 0.309 e. The van der Waals surface area contributed by atoms with Crippen LogP contribution in [0.15, 0.2) is 0 Å². The van der Waals surface area contributed by atoms with Crippen molar-refractivity contribution in [3.05, 3.63) is 0 Å². The van der Waals surface area contributed by atoms with Crippen molar-refractivity contribution in [3.8, 4) is 11.8 Å². The molecule has 0 spiro atoms. The van der Waals surface area contributed by atoms with Crippen LogP contribution in [-0.4, -0.2) is 38.6 Å². The Morgan fingerprint density at radius 2 is 2.31 bits per heavy atom. The van der Waals surface area contributed by atoms with Crippen LogP contribution in [0, 0.1) is 17.8 Å². The zero-order valence-electron chi connectivity index (χ0n) is 8.77. The minimum atomic E-state index is 0.808. The fourth-order valence-corrected chi connectivity index (χ4v) is 1.81. The average molecular weight is 180 g/mol. The van der Waals surface area contributed by atoms with Crippen molar-refractivity contribution >= 4 is 0 Å². The number of hydrogen-bond acceptors (Lipinski definition) is 2. The lowest BCUT2D eigenvalue weighted by molar-refractivity contribution is 0.213. The van der Waals surface area contributed by atoms with E-state index in [9.17, 15) is 0 Å². The van der Waals surface area contributed by atoms with Crippen molar-refractivity contribution < 1.29 is 0 Å². The highest BCUT2D eigenvalue weighted by Crippen LogP contribution is 2.17. The smallest absolute Gasteiger partial charge is 0.0574 e. The molecule has 1 heterocycles. The SMILES string of the molecule is CNCC#CCC1CCCN(C)C1. The molecule has 0 bridgehead atoms. The Labute approximate surface area is 81.7 Å². The van der Waals surface area contributed by atoms with Crippen molar-refractivity contribution in [1.29, 1.82) is 0 Å². The fraction of sp³-hybridized carbons (Fsp3) is 0.818. The zero-order valence-corrected chi connectivity index (χ0v) is 8.77. The normalized spacial score (nSPS) is 23.7. The van der Waals surface area contributed by atoms with Gasteiger partial charge in [-0.25, -0.2) is 0 Å². The van der Waals surface area contributed by atoms with Gasteiger partial charge in [-0.3, -0.25) is 0 Å². The van der Waals surface area contributed by atoms with E-state index >= 15 is 0 Å². The second kappa shape index (κ2) is 6.01. The van der Waals surface area contributed by atoms with Crippen LogP contribution in [0.3, 0.4) is 0 Å². The predicted octanol–water partition coefficient (Wildman–Crippen LogP) is 0.941. The highest BCUT2D eigenvalue weighted by molar-refractivity contribution is 5.02. The Morgan fingerprint density at radius 1 is 1.46 bits per heavy atom. The van der Waals surface area contributed by atoms with Crippen LogP contribution in [0.5, 0.6) is 0 Å².